The zero-order chi connectivity index (χ0) is 17.0. The van der Waals surface area contributed by atoms with Gasteiger partial charge < -0.3 is 10.1 Å². The van der Waals surface area contributed by atoms with Gasteiger partial charge in [0.05, 0.1) is 15.6 Å². The van der Waals surface area contributed by atoms with Gasteiger partial charge in [-0.2, -0.15) is 0 Å². The molecule has 2 aromatic rings. The van der Waals surface area contributed by atoms with Crippen molar-refractivity contribution in [1.82, 2.24) is 0 Å². The highest BCUT2D eigenvalue weighted by atomic mass is 35.5. The summed E-state index contributed by atoms with van der Waals surface area (Å²) in [5.41, 5.74) is 2.12. The second-order valence-corrected chi connectivity index (χ2v) is 5.43. The van der Waals surface area contributed by atoms with Gasteiger partial charge in [-0.05, 0) is 37.1 Å². The van der Waals surface area contributed by atoms with Crippen LogP contribution in [-0.4, -0.2) is 17.4 Å². The summed E-state index contributed by atoms with van der Waals surface area (Å²) in [4.78, 5) is 22.0. The topological polar surface area (TPSA) is 81.5 Å². The number of anilines is 1. The number of hydrogen-bond donors (Lipinski definition) is 1. The first-order chi connectivity index (χ1) is 10.9. The Hall–Kier alpha value is -2.60. The van der Waals surface area contributed by atoms with Gasteiger partial charge in [0.15, 0.2) is 6.61 Å². The van der Waals surface area contributed by atoms with Crippen LogP contribution in [0.3, 0.4) is 0 Å². The first-order valence-electron chi connectivity index (χ1n) is 6.80. The van der Waals surface area contributed by atoms with E-state index in [2.05, 4.69) is 5.32 Å². The average molecular weight is 335 g/mol. The first kappa shape index (κ1) is 16.8. The maximum atomic E-state index is 11.9. The molecule has 1 amide bonds. The van der Waals surface area contributed by atoms with E-state index < -0.39 is 10.8 Å². The molecule has 6 nitrogen and oxygen atoms in total. The Morgan fingerprint density at radius 2 is 2.00 bits per heavy atom. The van der Waals surface area contributed by atoms with Crippen LogP contribution in [0.2, 0.25) is 5.02 Å². The van der Waals surface area contributed by atoms with Crippen LogP contribution in [0, 0.1) is 24.0 Å². The van der Waals surface area contributed by atoms with Gasteiger partial charge in [-0.3, -0.25) is 14.9 Å². The van der Waals surface area contributed by atoms with E-state index in [0.717, 1.165) is 11.1 Å². The van der Waals surface area contributed by atoms with Crippen molar-refractivity contribution in [2.45, 2.75) is 13.8 Å². The normalized spacial score (nSPS) is 10.2. The van der Waals surface area contributed by atoms with Crippen molar-refractivity contribution in [2.75, 3.05) is 11.9 Å². The Balaban J connectivity index is 2.00. The zero-order valence-corrected chi connectivity index (χ0v) is 13.4. The smallest absolute Gasteiger partial charge is 0.271 e. The Morgan fingerprint density at radius 1 is 1.26 bits per heavy atom. The van der Waals surface area contributed by atoms with Gasteiger partial charge in [0.2, 0.25) is 0 Å². The van der Waals surface area contributed by atoms with E-state index in [4.69, 9.17) is 16.3 Å². The molecule has 1 N–H and O–H groups in total. The monoisotopic (exact) mass is 334 g/mol. The van der Waals surface area contributed by atoms with Crippen molar-refractivity contribution in [3.63, 3.8) is 0 Å². The minimum absolute atomic E-state index is 0.0966. The zero-order valence-electron chi connectivity index (χ0n) is 12.6. The van der Waals surface area contributed by atoms with Crippen LogP contribution in [0.5, 0.6) is 5.75 Å². The van der Waals surface area contributed by atoms with Gasteiger partial charge in [0.25, 0.3) is 11.6 Å². The molecule has 0 aromatic heterocycles. The lowest BCUT2D eigenvalue weighted by atomic mass is 10.1. The number of ether oxygens (including phenoxy) is 1. The number of non-ortho nitro benzene ring substituents is 1. The largest absolute Gasteiger partial charge is 0.483 e. The van der Waals surface area contributed by atoms with Crippen molar-refractivity contribution in [3.05, 3.63) is 62.7 Å². The Kier molecular flexibility index (Phi) is 5.18. The van der Waals surface area contributed by atoms with Crippen molar-refractivity contribution < 1.29 is 14.5 Å². The molecule has 23 heavy (non-hydrogen) atoms. The second kappa shape index (κ2) is 7.11. The highest BCUT2D eigenvalue weighted by Crippen LogP contribution is 2.26. The van der Waals surface area contributed by atoms with E-state index in [1.165, 1.54) is 18.2 Å². The molecule has 0 saturated heterocycles. The lowest BCUT2D eigenvalue weighted by Gasteiger charge is -2.11. The maximum Gasteiger partial charge on any atom is 0.271 e. The van der Waals surface area contributed by atoms with E-state index in [0.29, 0.717) is 11.4 Å². The molecule has 0 aliphatic carbocycles. The van der Waals surface area contributed by atoms with Crippen molar-refractivity contribution in [1.29, 1.82) is 0 Å². The van der Waals surface area contributed by atoms with Gasteiger partial charge in [0, 0.05) is 12.1 Å². The number of benzene rings is 2. The lowest BCUT2D eigenvalue weighted by molar-refractivity contribution is -0.384. The fourth-order valence-electron chi connectivity index (χ4n) is 1.91. The average Bonchev–Trinajstić information content (AvgIpc) is 2.50. The number of nitrogens with one attached hydrogen (secondary N) is 1. The van der Waals surface area contributed by atoms with E-state index in [1.54, 1.807) is 0 Å². The number of nitrogens with zero attached hydrogens (tertiary/aromatic N) is 1. The molecule has 0 atom stereocenters. The molecule has 0 saturated carbocycles. The summed E-state index contributed by atoms with van der Waals surface area (Å²) in [5, 5.41) is 13.3. The third-order valence-electron chi connectivity index (χ3n) is 3.14. The summed E-state index contributed by atoms with van der Waals surface area (Å²) in [7, 11) is 0. The summed E-state index contributed by atoms with van der Waals surface area (Å²) in [5.74, 6) is 0.233. The van der Waals surface area contributed by atoms with Crippen molar-refractivity contribution >= 4 is 28.9 Å². The summed E-state index contributed by atoms with van der Waals surface area (Å²) in [6.07, 6.45) is 0. The number of carbonyl (C=O) groups is 1. The molecule has 0 aliphatic rings. The Labute approximate surface area is 138 Å². The van der Waals surface area contributed by atoms with Crippen LogP contribution in [0.1, 0.15) is 11.1 Å². The molecule has 0 aliphatic heterocycles. The van der Waals surface area contributed by atoms with E-state index in [-0.39, 0.29) is 17.3 Å². The Morgan fingerprint density at radius 3 is 2.65 bits per heavy atom. The molecular formula is C16H15ClN2O4. The van der Waals surface area contributed by atoms with Crippen LogP contribution in [0.4, 0.5) is 11.4 Å². The molecule has 0 unspecified atom stereocenters. The lowest BCUT2D eigenvalue weighted by Crippen LogP contribution is -2.20. The number of amides is 1. The van der Waals surface area contributed by atoms with Crippen molar-refractivity contribution in [2.24, 2.45) is 0 Å². The van der Waals surface area contributed by atoms with Crippen LogP contribution < -0.4 is 10.1 Å². The number of rotatable bonds is 5. The Bertz CT molecular complexity index is 762. The number of carbonyl (C=O) groups excluding carboxylic acids is 1. The summed E-state index contributed by atoms with van der Waals surface area (Å²) < 4.78 is 5.49. The maximum absolute atomic E-state index is 11.9. The molecule has 2 aromatic carbocycles. The van der Waals surface area contributed by atoms with Gasteiger partial charge >= 0.3 is 0 Å². The molecule has 2 rings (SSSR count). The molecule has 0 radical (unpaired) electrons. The molecule has 0 fully saturated rings. The van der Waals surface area contributed by atoms with Gasteiger partial charge in [0.1, 0.15) is 5.75 Å². The number of halogens is 1. The number of aryl methyl sites for hydroxylation is 2. The summed E-state index contributed by atoms with van der Waals surface area (Å²) >= 11 is 5.92. The second-order valence-electron chi connectivity index (χ2n) is 5.03. The van der Waals surface area contributed by atoms with E-state index in [1.807, 2.05) is 32.0 Å². The van der Waals surface area contributed by atoms with Gasteiger partial charge in [-0.1, -0.05) is 23.7 Å². The summed E-state index contributed by atoms with van der Waals surface area (Å²) in [6, 6.07) is 9.56. The predicted octanol–water partition coefficient (Wildman–Crippen LogP) is 3.88. The highest BCUT2D eigenvalue weighted by molar-refractivity contribution is 6.34. The van der Waals surface area contributed by atoms with Gasteiger partial charge in [-0.15, -0.1) is 0 Å². The summed E-state index contributed by atoms with van der Waals surface area (Å²) in [6.45, 7) is 3.64. The van der Waals surface area contributed by atoms with Crippen molar-refractivity contribution in [3.8, 4) is 5.75 Å². The van der Waals surface area contributed by atoms with Crippen LogP contribution in [0.15, 0.2) is 36.4 Å². The standard InChI is InChI=1S/C16H15ClN2O4/c1-10-3-4-11(2)15(7-10)23-9-16(20)18-14-6-5-12(19(21)22)8-13(14)17/h3-8H,9H2,1-2H3,(H,18,20). The molecule has 120 valence electrons. The fraction of sp³-hybridized carbons (Fsp3) is 0.188. The fourth-order valence-corrected chi connectivity index (χ4v) is 2.13. The van der Waals surface area contributed by atoms with Crippen LogP contribution in [0.25, 0.3) is 0 Å². The SMILES string of the molecule is Cc1ccc(C)c(OCC(=O)Nc2ccc([N+](=O)[O-])cc2Cl)c1. The highest BCUT2D eigenvalue weighted by Gasteiger charge is 2.12. The number of hydrogen-bond acceptors (Lipinski definition) is 4. The minimum Gasteiger partial charge on any atom is -0.483 e. The number of nitro groups is 1. The van der Waals surface area contributed by atoms with Gasteiger partial charge in [-0.25, -0.2) is 0 Å². The first-order valence-corrected chi connectivity index (χ1v) is 7.18. The molecule has 0 bridgehead atoms. The third kappa shape index (κ3) is 4.43. The minimum atomic E-state index is -0.554. The molecule has 0 spiro atoms. The third-order valence-corrected chi connectivity index (χ3v) is 3.45. The van der Waals surface area contributed by atoms with E-state index in [9.17, 15) is 14.9 Å². The van der Waals surface area contributed by atoms with Crippen LogP contribution in [-0.2, 0) is 4.79 Å². The molecule has 7 heteroatoms. The number of nitro benzene ring substituents is 1. The molecule has 0 heterocycles. The van der Waals surface area contributed by atoms with E-state index >= 15 is 0 Å². The van der Waals surface area contributed by atoms with Crippen LogP contribution >= 0.6 is 11.6 Å². The molecular weight excluding hydrogens is 320 g/mol. The quantitative estimate of drug-likeness (QED) is 0.664. The predicted molar refractivity (Wildman–Crippen MR) is 88.1 cm³/mol.